The fraction of sp³-hybridized carbons (Fsp3) is 0.292. The highest BCUT2D eigenvalue weighted by molar-refractivity contribution is 7.89. The Labute approximate surface area is 211 Å². The molecule has 1 atom stereocenters. The van der Waals surface area contributed by atoms with Crippen LogP contribution in [0.4, 0.5) is 13.2 Å². The lowest BCUT2D eigenvalue weighted by atomic mass is 10.1. The van der Waals surface area contributed by atoms with Crippen LogP contribution in [0.3, 0.4) is 0 Å². The van der Waals surface area contributed by atoms with E-state index in [4.69, 9.17) is 0 Å². The molecule has 196 valence electrons. The maximum Gasteiger partial charge on any atom is 0.435 e. The first-order valence-corrected chi connectivity index (χ1v) is 12.8. The molecule has 0 spiro atoms. The molecule has 1 fully saturated rings. The number of halogens is 3. The van der Waals surface area contributed by atoms with E-state index in [-0.39, 0.29) is 31.1 Å². The maximum absolute atomic E-state index is 13.5. The largest absolute Gasteiger partial charge is 0.435 e. The molecule has 1 aromatic heterocycles. The quantitative estimate of drug-likeness (QED) is 0.431. The van der Waals surface area contributed by atoms with E-state index in [1.807, 2.05) is 0 Å². The van der Waals surface area contributed by atoms with Crippen molar-refractivity contribution in [3.05, 3.63) is 78.1 Å². The molecule has 2 aromatic carbocycles. The van der Waals surface area contributed by atoms with Crippen molar-refractivity contribution < 1.29 is 31.2 Å². The van der Waals surface area contributed by atoms with Gasteiger partial charge in [-0.15, -0.1) is 0 Å². The van der Waals surface area contributed by atoms with Crippen LogP contribution >= 0.6 is 0 Å². The van der Waals surface area contributed by atoms with Gasteiger partial charge in [-0.05, 0) is 30.7 Å². The number of nitrogens with zero attached hydrogens (tertiary/aromatic N) is 3. The Morgan fingerprint density at radius 1 is 0.973 bits per heavy atom. The zero-order valence-corrected chi connectivity index (χ0v) is 20.3. The van der Waals surface area contributed by atoms with E-state index in [1.54, 1.807) is 48.5 Å². The molecular formula is C24H24F3N5O4S. The van der Waals surface area contributed by atoms with E-state index < -0.39 is 45.2 Å². The molecule has 0 radical (unpaired) electrons. The van der Waals surface area contributed by atoms with Gasteiger partial charge in [0.2, 0.25) is 15.9 Å². The molecule has 2 amide bonds. The summed E-state index contributed by atoms with van der Waals surface area (Å²) in [6, 6.07) is 16.0. The number of rotatable bonds is 8. The summed E-state index contributed by atoms with van der Waals surface area (Å²) in [5, 5.41) is 8.50. The van der Waals surface area contributed by atoms with Crippen molar-refractivity contribution in [3.63, 3.8) is 0 Å². The Bertz CT molecular complexity index is 1360. The minimum Gasteiger partial charge on any atom is -0.354 e. The molecule has 1 unspecified atom stereocenters. The van der Waals surface area contributed by atoms with Crippen LogP contribution < -0.4 is 10.6 Å². The molecule has 2 heterocycles. The number of sulfonamides is 1. The van der Waals surface area contributed by atoms with E-state index in [0.717, 1.165) is 10.9 Å². The lowest BCUT2D eigenvalue weighted by molar-refractivity contribution is -0.141. The lowest BCUT2D eigenvalue weighted by Crippen LogP contribution is -2.39. The van der Waals surface area contributed by atoms with Crippen LogP contribution in [0, 0.1) is 5.92 Å². The van der Waals surface area contributed by atoms with Crippen LogP contribution in [-0.4, -0.2) is 60.5 Å². The normalized spacial score (nSPS) is 16.5. The molecule has 9 nitrogen and oxygen atoms in total. The van der Waals surface area contributed by atoms with Gasteiger partial charge in [0.25, 0.3) is 5.91 Å². The predicted molar refractivity (Wildman–Crippen MR) is 127 cm³/mol. The van der Waals surface area contributed by atoms with Crippen molar-refractivity contribution in [2.24, 2.45) is 5.92 Å². The number of carbonyl (C=O) groups excluding carboxylic acids is 2. The van der Waals surface area contributed by atoms with Gasteiger partial charge in [-0.25, -0.2) is 13.1 Å². The standard InChI is InChI=1S/C24H24F3N5O4S/c25-24(26,27)21-20(16-32(30-21)18-7-3-1-4-8-18)23(34)29-13-12-28-22(33)17-11-14-31(15-17)37(35,36)19-9-5-2-6-10-19/h1-10,16-17H,11-15H2,(H,28,33)(H,29,34). The lowest BCUT2D eigenvalue weighted by Gasteiger charge is -2.16. The SMILES string of the molecule is O=C(NCCNC(=O)C1CCN(S(=O)(=O)c2ccccc2)C1)c1cn(-c2ccccc2)nc1C(F)(F)F. The molecular weight excluding hydrogens is 511 g/mol. The Morgan fingerprint density at radius 3 is 2.24 bits per heavy atom. The van der Waals surface area contributed by atoms with Gasteiger partial charge < -0.3 is 10.6 Å². The van der Waals surface area contributed by atoms with Crippen molar-refractivity contribution in [2.45, 2.75) is 17.5 Å². The zero-order chi connectivity index (χ0) is 26.6. The summed E-state index contributed by atoms with van der Waals surface area (Å²) in [5.41, 5.74) is -1.59. The van der Waals surface area contributed by atoms with Gasteiger partial charge in [0.15, 0.2) is 5.69 Å². The predicted octanol–water partition coefficient (Wildman–Crippen LogP) is 2.45. The fourth-order valence-electron chi connectivity index (χ4n) is 3.97. The number of hydrogen-bond acceptors (Lipinski definition) is 5. The molecule has 4 rings (SSSR count). The highest BCUT2D eigenvalue weighted by Crippen LogP contribution is 2.31. The van der Waals surface area contributed by atoms with Gasteiger partial charge in [-0.1, -0.05) is 36.4 Å². The first-order chi connectivity index (χ1) is 17.6. The van der Waals surface area contributed by atoms with Crippen LogP contribution in [0.5, 0.6) is 0 Å². The van der Waals surface area contributed by atoms with Gasteiger partial charge in [0, 0.05) is 32.4 Å². The van der Waals surface area contributed by atoms with Crippen molar-refractivity contribution in [2.75, 3.05) is 26.2 Å². The second-order valence-corrected chi connectivity index (χ2v) is 10.3. The highest BCUT2D eigenvalue weighted by atomic mass is 32.2. The number of nitrogens with one attached hydrogen (secondary N) is 2. The summed E-state index contributed by atoms with van der Waals surface area (Å²) < 4.78 is 68.1. The third-order valence-electron chi connectivity index (χ3n) is 5.86. The summed E-state index contributed by atoms with van der Waals surface area (Å²) in [6.45, 7) is 0.0402. The van der Waals surface area contributed by atoms with Crippen molar-refractivity contribution in [1.82, 2.24) is 24.7 Å². The van der Waals surface area contributed by atoms with E-state index in [1.165, 1.54) is 16.4 Å². The van der Waals surface area contributed by atoms with Crippen LogP contribution in [0.1, 0.15) is 22.5 Å². The molecule has 2 N–H and O–H groups in total. The average Bonchev–Trinajstić information content (AvgIpc) is 3.56. The molecule has 37 heavy (non-hydrogen) atoms. The van der Waals surface area contributed by atoms with E-state index in [0.29, 0.717) is 12.1 Å². The molecule has 3 aromatic rings. The number of amides is 2. The van der Waals surface area contributed by atoms with Crippen LogP contribution in [0.25, 0.3) is 5.69 Å². The van der Waals surface area contributed by atoms with E-state index >= 15 is 0 Å². The van der Waals surface area contributed by atoms with E-state index in [2.05, 4.69) is 15.7 Å². The summed E-state index contributed by atoms with van der Waals surface area (Å²) in [4.78, 5) is 25.1. The maximum atomic E-state index is 13.5. The topological polar surface area (TPSA) is 113 Å². The molecule has 0 saturated carbocycles. The summed E-state index contributed by atoms with van der Waals surface area (Å²) >= 11 is 0. The third-order valence-corrected chi connectivity index (χ3v) is 7.74. The van der Waals surface area contributed by atoms with Crippen molar-refractivity contribution in [3.8, 4) is 5.69 Å². The Balaban J connectivity index is 1.31. The summed E-state index contributed by atoms with van der Waals surface area (Å²) in [5.74, 6) is -1.95. The first kappa shape index (κ1) is 26.4. The Morgan fingerprint density at radius 2 is 1.59 bits per heavy atom. The second-order valence-electron chi connectivity index (χ2n) is 8.38. The number of aromatic nitrogens is 2. The molecule has 13 heteroatoms. The number of para-hydroxylation sites is 1. The molecule has 1 aliphatic rings. The number of alkyl halides is 3. The van der Waals surface area contributed by atoms with Gasteiger partial charge in [0.1, 0.15) is 0 Å². The Kier molecular flexibility index (Phi) is 7.64. The monoisotopic (exact) mass is 535 g/mol. The average molecular weight is 536 g/mol. The molecule has 1 saturated heterocycles. The van der Waals surface area contributed by atoms with E-state index in [9.17, 15) is 31.2 Å². The van der Waals surface area contributed by atoms with Crippen LogP contribution in [-0.2, 0) is 21.0 Å². The minimum atomic E-state index is -4.84. The van der Waals surface area contributed by atoms with Gasteiger partial charge >= 0.3 is 6.18 Å². The zero-order valence-electron chi connectivity index (χ0n) is 19.5. The molecule has 1 aliphatic heterocycles. The van der Waals surface area contributed by atoms with Gasteiger partial charge in [0.05, 0.1) is 22.1 Å². The van der Waals surface area contributed by atoms with Gasteiger partial charge in [-0.2, -0.15) is 22.6 Å². The smallest absolute Gasteiger partial charge is 0.354 e. The minimum absolute atomic E-state index is 0.0169. The van der Waals surface area contributed by atoms with Crippen molar-refractivity contribution in [1.29, 1.82) is 0 Å². The number of benzene rings is 2. The Hall–Kier alpha value is -3.71. The number of hydrogen-bond donors (Lipinski definition) is 2. The van der Waals surface area contributed by atoms with Crippen LogP contribution in [0.15, 0.2) is 71.8 Å². The van der Waals surface area contributed by atoms with Crippen LogP contribution in [0.2, 0.25) is 0 Å². The second kappa shape index (κ2) is 10.7. The molecule has 0 bridgehead atoms. The van der Waals surface area contributed by atoms with Gasteiger partial charge in [-0.3, -0.25) is 9.59 Å². The first-order valence-electron chi connectivity index (χ1n) is 11.4. The third kappa shape index (κ3) is 6.00. The molecule has 0 aliphatic carbocycles. The van der Waals surface area contributed by atoms with Crippen molar-refractivity contribution >= 4 is 21.8 Å². The fourth-order valence-corrected chi connectivity index (χ4v) is 5.49. The number of carbonyl (C=O) groups is 2. The summed E-state index contributed by atoms with van der Waals surface area (Å²) in [6.07, 6.45) is -3.50. The highest BCUT2D eigenvalue weighted by Gasteiger charge is 2.39. The summed E-state index contributed by atoms with van der Waals surface area (Å²) in [7, 11) is -3.71.